The van der Waals surface area contributed by atoms with Crippen molar-refractivity contribution in [1.82, 2.24) is 15.3 Å². The second-order valence-corrected chi connectivity index (χ2v) is 8.24. The first-order valence-electron chi connectivity index (χ1n) is 11.2. The van der Waals surface area contributed by atoms with Crippen LogP contribution in [0.4, 0.5) is 22.9 Å². The Bertz CT molecular complexity index is 1380. The molecule has 1 aliphatic rings. The Hall–Kier alpha value is -4.30. The van der Waals surface area contributed by atoms with Crippen LogP contribution in [-0.2, 0) is 4.79 Å². The zero-order chi connectivity index (χ0) is 23.5. The quantitative estimate of drug-likeness (QED) is 0.202. The molecular formula is C27H29N7O. The van der Waals surface area contributed by atoms with E-state index in [9.17, 15) is 4.79 Å². The summed E-state index contributed by atoms with van der Waals surface area (Å²) < 4.78 is 0. The number of nitrogen functional groups attached to an aromatic ring is 1. The number of benzene rings is 3. The summed E-state index contributed by atoms with van der Waals surface area (Å²) in [6, 6.07) is 20.6. The van der Waals surface area contributed by atoms with Gasteiger partial charge in [-0.25, -0.2) is 9.97 Å². The van der Waals surface area contributed by atoms with Gasteiger partial charge >= 0.3 is 0 Å². The predicted octanol–water partition coefficient (Wildman–Crippen LogP) is 4.95. The van der Waals surface area contributed by atoms with Gasteiger partial charge in [0, 0.05) is 39.8 Å². The summed E-state index contributed by atoms with van der Waals surface area (Å²) in [4.78, 5) is 22.1. The van der Waals surface area contributed by atoms with Gasteiger partial charge in [0.05, 0.1) is 11.6 Å². The van der Waals surface area contributed by atoms with Gasteiger partial charge in [-0.3, -0.25) is 4.79 Å². The van der Waals surface area contributed by atoms with Gasteiger partial charge in [-0.1, -0.05) is 31.7 Å². The van der Waals surface area contributed by atoms with Gasteiger partial charge in [0.15, 0.2) is 5.82 Å². The standard InChI is InChI=1S/C26H25N7O.CH4/c27-15-17-14-19(10-11-21(17)28)30-25-20-7-1-2-8-22(20)32-24(33-25)16-5-3-6-18(13-16)31-26(34)23-9-4-12-29-23;/h1-3,5-8,10-11,13-15,23,27,29H,4,9,12,28H2,(H,31,34)(H,30,32,33);1H4. The predicted molar refractivity (Wildman–Crippen MR) is 143 cm³/mol. The molecule has 2 heterocycles. The molecule has 1 atom stereocenters. The molecule has 6 N–H and O–H groups in total. The topological polar surface area (TPSA) is 129 Å². The molecule has 0 bridgehead atoms. The molecule has 8 heteroatoms. The molecule has 0 saturated carbocycles. The lowest BCUT2D eigenvalue weighted by molar-refractivity contribution is -0.117. The number of aromatic nitrogens is 2. The molecule has 1 aromatic heterocycles. The lowest BCUT2D eigenvalue weighted by Crippen LogP contribution is -2.35. The highest BCUT2D eigenvalue weighted by molar-refractivity contribution is 5.96. The Morgan fingerprint density at radius 2 is 1.91 bits per heavy atom. The van der Waals surface area contributed by atoms with E-state index in [-0.39, 0.29) is 19.4 Å². The van der Waals surface area contributed by atoms with Gasteiger partial charge in [-0.2, -0.15) is 0 Å². The molecule has 1 saturated heterocycles. The van der Waals surface area contributed by atoms with E-state index in [0.717, 1.165) is 41.5 Å². The van der Waals surface area contributed by atoms with Crippen molar-refractivity contribution < 1.29 is 4.79 Å². The molecular weight excluding hydrogens is 438 g/mol. The third-order valence-corrected chi connectivity index (χ3v) is 5.87. The molecule has 1 fully saturated rings. The summed E-state index contributed by atoms with van der Waals surface area (Å²) in [6.45, 7) is 0.869. The van der Waals surface area contributed by atoms with Crippen molar-refractivity contribution in [2.24, 2.45) is 0 Å². The highest BCUT2D eigenvalue weighted by Crippen LogP contribution is 2.29. The van der Waals surface area contributed by atoms with Crippen molar-refractivity contribution in [3.05, 3.63) is 72.3 Å². The molecule has 8 nitrogen and oxygen atoms in total. The van der Waals surface area contributed by atoms with Gasteiger partial charge in [-0.15, -0.1) is 0 Å². The molecule has 35 heavy (non-hydrogen) atoms. The van der Waals surface area contributed by atoms with Crippen LogP contribution >= 0.6 is 0 Å². The summed E-state index contributed by atoms with van der Waals surface area (Å²) >= 11 is 0. The van der Waals surface area contributed by atoms with Crippen LogP contribution in [0.25, 0.3) is 22.3 Å². The number of carbonyl (C=O) groups excluding carboxylic acids is 1. The van der Waals surface area contributed by atoms with Crippen LogP contribution in [0.1, 0.15) is 25.8 Å². The van der Waals surface area contributed by atoms with Crippen molar-refractivity contribution in [2.45, 2.75) is 26.3 Å². The number of hydrogen-bond donors (Lipinski definition) is 5. The van der Waals surface area contributed by atoms with Crippen LogP contribution in [0.5, 0.6) is 0 Å². The fourth-order valence-electron chi connectivity index (χ4n) is 4.09. The van der Waals surface area contributed by atoms with E-state index in [4.69, 9.17) is 21.1 Å². The molecule has 0 radical (unpaired) electrons. The third kappa shape index (κ3) is 5.12. The molecule has 178 valence electrons. The average Bonchev–Trinajstić information content (AvgIpc) is 3.41. The van der Waals surface area contributed by atoms with E-state index in [0.29, 0.717) is 28.6 Å². The summed E-state index contributed by atoms with van der Waals surface area (Å²) in [7, 11) is 0. The molecule has 1 aliphatic heterocycles. The fraction of sp³-hybridized carbons (Fsp3) is 0.185. The Labute approximate surface area is 204 Å². The molecule has 0 spiro atoms. The van der Waals surface area contributed by atoms with Crippen molar-refractivity contribution in [3.63, 3.8) is 0 Å². The average molecular weight is 468 g/mol. The van der Waals surface area contributed by atoms with Gasteiger partial charge in [-0.05, 0) is 61.9 Å². The van der Waals surface area contributed by atoms with E-state index < -0.39 is 0 Å². The van der Waals surface area contributed by atoms with Crippen LogP contribution in [0.15, 0.2) is 66.7 Å². The van der Waals surface area contributed by atoms with Crippen LogP contribution in [-0.4, -0.2) is 34.7 Å². The Kier molecular flexibility index (Phi) is 7.03. The number of fused-ring (bicyclic) bond motifs is 1. The van der Waals surface area contributed by atoms with Crippen LogP contribution in [0.3, 0.4) is 0 Å². The zero-order valence-corrected chi connectivity index (χ0v) is 18.5. The first kappa shape index (κ1) is 23.8. The Morgan fingerprint density at radius 1 is 1.06 bits per heavy atom. The fourth-order valence-corrected chi connectivity index (χ4v) is 4.09. The van der Waals surface area contributed by atoms with Gasteiger partial charge < -0.3 is 27.1 Å². The number of hydrogen-bond acceptors (Lipinski definition) is 7. The maximum atomic E-state index is 12.5. The SMILES string of the molecule is C.N=Cc1cc(Nc2nc(-c3cccc(NC(=O)C4CCCN4)c3)nc3ccccc23)ccc1N. The highest BCUT2D eigenvalue weighted by Gasteiger charge is 2.22. The van der Waals surface area contributed by atoms with Gasteiger partial charge in [0.1, 0.15) is 5.82 Å². The number of carbonyl (C=O) groups is 1. The number of anilines is 4. The minimum Gasteiger partial charge on any atom is -0.398 e. The van der Waals surface area contributed by atoms with E-state index in [2.05, 4.69) is 16.0 Å². The first-order chi connectivity index (χ1) is 16.6. The monoisotopic (exact) mass is 467 g/mol. The molecule has 1 unspecified atom stereocenters. The lowest BCUT2D eigenvalue weighted by Gasteiger charge is -2.14. The molecule has 1 amide bonds. The van der Waals surface area contributed by atoms with E-state index in [1.54, 1.807) is 6.07 Å². The maximum absolute atomic E-state index is 12.5. The minimum atomic E-state index is -0.151. The van der Waals surface area contributed by atoms with Crippen molar-refractivity contribution >= 4 is 45.9 Å². The Morgan fingerprint density at radius 3 is 2.71 bits per heavy atom. The molecule has 0 aliphatic carbocycles. The maximum Gasteiger partial charge on any atom is 0.241 e. The largest absolute Gasteiger partial charge is 0.398 e. The number of rotatable bonds is 6. The van der Waals surface area contributed by atoms with Crippen molar-refractivity contribution in [2.75, 3.05) is 22.9 Å². The summed E-state index contributed by atoms with van der Waals surface area (Å²) in [5, 5.41) is 18.0. The minimum absolute atomic E-state index is 0. The Balaban J connectivity index is 0.00000289. The van der Waals surface area contributed by atoms with Crippen LogP contribution < -0.4 is 21.7 Å². The van der Waals surface area contributed by atoms with Crippen molar-refractivity contribution in [1.29, 1.82) is 5.41 Å². The normalized spacial score (nSPS) is 14.8. The van der Waals surface area contributed by atoms with Crippen molar-refractivity contribution in [3.8, 4) is 11.4 Å². The number of amides is 1. The third-order valence-electron chi connectivity index (χ3n) is 5.87. The molecule has 3 aromatic carbocycles. The number of nitrogens with one attached hydrogen (secondary N) is 4. The van der Waals surface area contributed by atoms with Gasteiger partial charge in [0.25, 0.3) is 0 Å². The summed E-state index contributed by atoms with van der Waals surface area (Å²) in [6.07, 6.45) is 3.08. The van der Waals surface area contributed by atoms with E-state index in [1.807, 2.05) is 60.7 Å². The van der Waals surface area contributed by atoms with Gasteiger partial charge in [0.2, 0.25) is 5.91 Å². The second kappa shape index (κ2) is 10.3. The molecule has 4 aromatic rings. The number of para-hydroxylation sites is 1. The molecule has 5 rings (SSSR count). The smallest absolute Gasteiger partial charge is 0.241 e. The highest BCUT2D eigenvalue weighted by atomic mass is 16.2. The van der Waals surface area contributed by atoms with E-state index in [1.165, 1.54) is 6.21 Å². The summed E-state index contributed by atoms with van der Waals surface area (Å²) in [5.41, 5.74) is 10.2. The zero-order valence-electron chi connectivity index (χ0n) is 18.5. The lowest BCUT2D eigenvalue weighted by atomic mass is 10.1. The summed E-state index contributed by atoms with van der Waals surface area (Å²) in [5.74, 6) is 1.16. The second-order valence-electron chi connectivity index (χ2n) is 8.24. The first-order valence-corrected chi connectivity index (χ1v) is 11.2. The number of nitrogens with two attached hydrogens (primary N) is 1. The van der Waals surface area contributed by atoms with Crippen LogP contribution in [0.2, 0.25) is 0 Å². The number of nitrogens with zero attached hydrogens (tertiary/aromatic N) is 2. The van der Waals surface area contributed by atoms with Crippen LogP contribution in [0, 0.1) is 5.41 Å². The van der Waals surface area contributed by atoms with E-state index >= 15 is 0 Å².